The van der Waals surface area contributed by atoms with Gasteiger partial charge < -0.3 is 18.9 Å². The molecule has 8 bridgehead atoms. The third-order valence-corrected chi connectivity index (χ3v) is 3.90. The molecule has 1 aliphatic rings. The van der Waals surface area contributed by atoms with E-state index >= 15 is 0 Å². The summed E-state index contributed by atoms with van der Waals surface area (Å²) in [5.41, 5.74) is 0. The third-order valence-electron chi connectivity index (χ3n) is 3.90. The molecule has 136 valence electrons. The highest BCUT2D eigenvalue weighted by Crippen LogP contribution is 2.32. The van der Waals surface area contributed by atoms with Crippen LogP contribution >= 0.6 is 0 Å². The van der Waals surface area contributed by atoms with E-state index in [1.807, 2.05) is 36.4 Å². The number of nitrogens with zero attached hydrogens (tertiary/aromatic N) is 2. The van der Waals surface area contributed by atoms with Crippen LogP contribution in [0.1, 0.15) is 0 Å². The molecule has 5 rings (SSSR count). The van der Waals surface area contributed by atoms with E-state index in [4.69, 9.17) is 18.9 Å². The first-order chi connectivity index (χ1) is 13.8. The zero-order valence-electron chi connectivity index (χ0n) is 14.6. The van der Waals surface area contributed by atoms with Gasteiger partial charge in [-0.1, -0.05) is 24.3 Å². The molecule has 2 aromatic carbocycles. The van der Waals surface area contributed by atoms with Crippen molar-refractivity contribution in [2.45, 2.75) is 0 Å². The molecule has 1 aliphatic heterocycles. The first-order valence-electron chi connectivity index (χ1n) is 8.66. The van der Waals surface area contributed by atoms with Crippen LogP contribution in [0.2, 0.25) is 0 Å². The molecule has 0 radical (unpaired) electrons. The largest absolute Gasteiger partial charge is 0.457 e. The Bertz CT molecular complexity index is 895. The highest BCUT2D eigenvalue weighted by atomic mass is 16.5. The predicted molar refractivity (Wildman–Crippen MR) is 102 cm³/mol. The molecule has 6 nitrogen and oxygen atoms in total. The Morgan fingerprint density at radius 1 is 0.393 bits per heavy atom. The molecule has 2 aromatic heterocycles. The summed E-state index contributed by atoms with van der Waals surface area (Å²) in [6.07, 6.45) is 0. The molecular weight excluding hydrogens is 356 g/mol. The number of hydrogen-bond acceptors (Lipinski definition) is 6. The summed E-state index contributed by atoms with van der Waals surface area (Å²) < 4.78 is 23.4. The quantitative estimate of drug-likeness (QED) is 0.335. The molecule has 3 heterocycles. The van der Waals surface area contributed by atoms with Gasteiger partial charge in [-0.05, 0) is 24.3 Å². The van der Waals surface area contributed by atoms with Crippen LogP contribution in [0.5, 0.6) is 46.5 Å². The summed E-state index contributed by atoms with van der Waals surface area (Å²) in [5, 5.41) is 0. The molecule has 0 atom stereocenters. The molecule has 0 amide bonds. The van der Waals surface area contributed by atoms with Crippen LogP contribution in [-0.4, -0.2) is 9.97 Å². The molecule has 0 fully saturated rings. The molecule has 0 N–H and O–H groups in total. The Kier molecular flexibility index (Phi) is 3.99. The smallest absolute Gasteiger partial charge is 0.224 e. The first-order valence-corrected chi connectivity index (χ1v) is 8.66. The van der Waals surface area contributed by atoms with Crippen molar-refractivity contribution in [3.63, 3.8) is 0 Å². The topological polar surface area (TPSA) is 62.7 Å². The van der Waals surface area contributed by atoms with Gasteiger partial charge in [0.15, 0.2) is 0 Å². The van der Waals surface area contributed by atoms with Crippen molar-refractivity contribution in [1.82, 2.24) is 9.97 Å². The minimum Gasteiger partial charge on any atom is -0.457 e. The number of benzene rings is 2. The van der Waals surface area contributed by atoms with Gasteiger partial charge in [0.1, 0.15) is 23.0 Å². The summed E-state index contributed by atoms with van der Waals surface area (Å²) in [4.78, 5) is 8.73. The highest BCUT2D eigenvalue weighted by molar-refractivity contribution is 5.41. The summed E-state index contributed by atoms with van der Waals surface area (Å²) in [6.45, 7) is 0. The minimum atomic E-state index is 0.364. The van der Waals surface area contributed by atoms with E-state index in [2.05, 4.69) is 9.97 Å². The number of hydrogen-bond donors (Lipinski definition) is 0. The highest BCUT2D eigenvalue weighted by Gasteiger charge is 2.09. The minimum absolute atomic E-state index is 0.364. The van der Waals surface area contributed by atoms with Crippen molar-refractivity contribution in [1.29, 1.82) is 0 Å². The standard InChI is InChI=1S/C22H14N2O4/c1-5-15-13-17(7-1)26-19-9-3-11-21(23-19)28-22-12-4-10-20(24-22)27-18-8-2-6-16(14-18)25-15/h1-14H. The molecule has 0 unspecified atom stereocenters. The maximum atomic E-state index is 5.94. The molecular formula is C22H14N2O4. The van der Waals surface area contributed by atoms with Crippen LogP contribution in [0.15, 0.2) is 84.9 Å². The fourth-order valence-corrected chi connectivity index (χ4v) is 2.71. The Labute approximate surface area is 160 Å². The molecule has 28 heavy (non-hydrogen) atoms. The maximum absolute atomic E-state index is 5.94. The molecule has 0 saturated heterocycles. The van der Waals surface area contributed by atoms with Gasteiger partial charge in [0.25, 0.3) is 0 Å². The van der Waals surface area contributed by atoms with Crippen molar-refractivity contribution in [2.75, 3.05) is 0 Å². The lowest BCUT2D eigenvalue weighted by Crippen LogP contribution is -1.95. The number of rotatable bonds is 0. The fraction of sp³-hybridized carbons (Fsp3) is 0. The third kappa shape index (κ3) is 3.57. The predicted octanol–water partition coefficient (Wildman–Crippen LogP) is 5.96. The van der Waals surface area contributed by atoms with E-state index in [-0.39, 0.29) is 0 Å². The number of fused-ring (bicyclic) bond motifs is 8. The van der Waals surface area contributed by atoms with Gasteiger partial charge in [-0.15, -0.1) is 0 Å². The second-order valence-corrected chi connectivity index (χ2v) is 5.99. The van der Waals surface area contributed by atoms with Crippen molar-refractivity contribution in [3.8, 4) is 46.5 Å². The van der Waals surface area contributed by atoms with Crippen molar-refractivity contribution in [3.05, 3.63) is 84.9 Å². The molecule has 0 saturated carbocycles. The van der Waals surface area contributed by atoms with E-state index in [0.717, 1.165) is 0 Å². The van der Waals surface area contributed by atoms with Gasteiger partial charge in [-0.3, -0.25) is 0 Å². The summed E-state index contributed by atoms with van der Waals surface area (Å²) in [6, 6.07) is 25.2. The second kappa shape index (κ2) is 6.92. The van der Waals surface area contributed by atoms with E-state index in [1.165, 1.54) is 0 Å². The second-order valence-electron chi connectivity index (χ2n) is 5.99. The number of ether oxygens (including phenoxy) is 4. The van der Waals surface area contributed by atoms with Crippen LogP contribution in [0.4, 0.5) is 0 Å². The van der Waals surface area contributed by atoms with E-state index in [9.17, 15) is 0 Å². The zero-order valence-corrected chi connectivity index (χ0v) is 14.6. The van der Waals surface area contributed by atoms with Gasteiger partial charge in [0, 0.05) is 36.4 Å². The zero-order chi connectivity index (χ0) is 18.8. The monoisotopic (exact) mass is 370 g/mol. The van der Waals surface area contributed by atoms with Crippen LogP contribution in [0, 0.1) is 0 Å². The van der Waals surface area contributed by atoms with Crippen LogP contribution in [-0.2, 0) is 0 Å². The van der Waals surface area contributed by atoms with Gasteiger partial charge in [0.2, 0.25) is 23.5 Å². The Morgan fingerprint density at radius 3 is 1.21 bits per heavy atom. The summed E-state index contributed by atoms with van der Waals surface area (Å²) in [5.74, 6) is 3.99. The fourth-order valence-electron chi connectivity index (χ4n) is 2.71. The van der Waals surface area contributed by atoms with Gasteiger partial charge in [0.05, 0.1) is 0 Å². The normalized spacial score (nSPS) is 12.0. The number of aromatic nitrogens is 2. The molecule has 0 spiro atoms. The first kappa shape index (κ1) is 16.1. The van der Waals surface area contributed by atoms with Crippen LogP contribution in [0.3, 0.4) is 0 Å². The Hall–Kier alpha value is -4.06. The molecule has 6 heteroatoms. The molecule has 4 aromatic rings. The average Bonchev–Trinajstić information content (AvgIpc) is 2.69. The Morgan fingerprint density at radius 2 is 0.750 bits per heavy atom. The van der Waals surface area contributed by atoms with E-state index in [1.54, 1.807) is 48.5 Å². The molecule has 0 aliphatic carbocycles. The lowest BCUT2D eigenvalue weighted by molar-refractivity contribution is 0.400. The number of pyridine rings is 2. The van der Waals surface area contributed by atoms with Gasteiger partial charge >= 0.3 is 0 Å². The lowest BCUT2D eigenvalue weighted by atomic mass is 10.3. The van der Waals surface area contributed by atoms with Gasteiger partial charge in [-0.25, -0.2) is 0 Å². The summed E-state index contributed by atoms with van der Waals surface area (Å²) in [7, 11) is 0. The van der Waals surface area contributed by atoms with Crippen molar-refractivity contribution < 1.29 is 18.9 Å². The lowest BCUT2D eigenvalue weighted by Gasteiger charge is -2.12. The van der Waals surface area contributed by atoms with Crippen molar-refractivity contribution in [2.24, 2.45) is 0 Å². The summed E-state index contributed by atoms with van der Waals surface area (Å²) >= 11 is 0. The van der Waals surface area contributed by atoms with Crippen LogP contribution < -0.4 is 18.9 Å². The van der Waals surface area contributed by atoms with Gasteiger partial charge in [-0.2, -0.15) is 9.97 Å². The Balaban J connectivity index is 1.60. The SMILES string of the molecule is c1cc2cc(c1)Oc1cccc(n1)Oc1cccc(n1)Oc1cccc(c1)O2. The maximum Gasteiger partial charge on any atom is 0.224 e. The van der Waals surface area contributed by atoms with E-state index < -0.39 is 0 Å². The average molecular weight is 370 g/mol. The van der Waals surface area contributed by atoms with Crippen LogP contribution in [0.25, 0.3) is 0 Å². The van der Waals surface area contributed by atoms with E-state index in [0.29, 0.717) is 46.5 Å². The van der Waals surface area contributed by atoms with Crippen molar-refractivity contribution >= 4 is 0 Å².